The van der Waals surface area contributed by atoms with Crippen LogP contribution in [0, 0.1) is 6.92 Å². The third kappa shape index (κ3) is 3.40. The van der Waals surface area contributed by atoms with E-state index in [2.05, 4.69) is 35.6 Å². The molecular weight excluding hydrogens is 202 g/mol. The minimum atomic E-state index is 0.0700. The highest BCUT2D eigenvalue weighted by molar-refractivity contribution is 7.80. The molecule has 4 heteroatoms. The maximum Gasteiger partial charge on any atom is 0.221 e. The quantitative estimate of drug-likeness (QED) is 0.739. The molecule has 0 saturated carbocycles. The molecule has 2 nitrogen and oxygen atoms in total. The third-order valence-electron chi connectivity index (χ3n) is 1.78. The first-order valence-corrected chi connectivity index (χ1v) is 5.71. The van der Waals surface area contributed by atoms with E-state index in [1.807, 2.05) is 0 Å². The average Bonchev–Trinajstić information content (AvgIpc) is 2.48. The van der Waals surface area contributed by atoms with Gasteiger partial charge in [-0.05, 0) is 34.6 Å². The number of hydrogen-bond donors (Lipinski definition) is 2. The zero-order chi connectivity index (χ0) is 9.68. The zero-order valence-corrected chi connectivity index (χ0v) is 9.25. The molecule has 1 heterocycles. The van der Waals surface area contributed by atoms with E-state index >= 15 is 0 Å². The summed E-state index contributed by atoms with van der Waals surface area (Å²) < 4.78 is 0. The monoisotopic (exact) mass is 215 g/mol. The lowest BCUT2D eigenvalue weighted by molar-refractivity contribution is -0.120. The molecule has 0 fully saturated rings. The first-order chi connectivity index (χ1) is 6.24. The van der Waals surface area contributed by atoms with Crippen molar-refractivity contribution >= 4 is 29.9 Å². The zero-order valence-electron chi connectivity index (χ0n) is 7.54. The lowest BCUT2D eigenvalue weighted by Crippen LogP contribution is -2.22. The largest absolute Gasteiger partial charge is 0.352 e. The first kappa shape index (κ1) is 10.6. The van der Waals surface area contributed by atoms with Gasteiger partial charge >= 0.3 is 0 Å². The molecule has 0 bridgehead atoms. The number of thiophene rings is 1. The second-order valence-electron chi connectivity index (χ2n) is 2.83. The molecule has 1 rings (SSSR count). The van der Waals surface area contributed by atoms with Gasteiger partial charge in [0.1, 0.15) is 0 Å². The smallest absolute Gasteiger partial charge is 0.221 e. The first-order valence-electron chi connectivity index (χ1n) is 4.13. The van der Waals surface area contributed by atoms with Crippen LogP contribution in [0.1, 0.15) is 17.5 Å². The van der Waals surface area contributed by atoms with Gasteiger partial charge in [0.2, 0.25) is 5.91 Å². The maximum absolute atomic E-state index is 11.1. The minimum absolute atomic E-state index is 0.0700. The molecule has 72 valence electrons. The van der Waals surface area contributed by atoms with Crippen LogP contribution in [0.15, 0.2) is 10.8 Å². The number of nitrogens with one attached hydrogen (secondary N) is 1. The van der Waals surface area contributed by atoms with Crippen molar-refractivity contribution in [2.45, 2.75) is 19.9 Å². The summed E-state index contributed by atoms with van der Waals surface area (Å²) in [5, 5.41) is 6.99. The van der Waals surface area contributed by atoms with Crippen LogP contribution in [-0.4, -0.2) is 11.7 Å². The molecule has 1 aromatic rings. The summed E-state index contributed by atoms with van der Waals surface area (Å²) in [5.74, 6) is 0.676. The number of carbonyl (C=O) groups is 1. The Kier molecular flexibility index (Phi) is 4.32. The number of aryl methyl sites for hydroxylation is 1. The van der Waals surface area contributed by atoms with Crippen LogP contribution in [0.4, 0.5) is 0 Å². The Balaban J connectivity index is 2.35. The lowest BCUT2D eigenvalue weighted by Gasteiger charge is -2.02. The van der Waals surface area contributed by atoms with Crippen LogP contribution in [0.3, 0.4) is 0 Å². The molecule has 0 atom stereocenters. The molecule has 0 radical (unpaired) electrons. The van der Waals surface area contributed by atoms with Crippen LogP contribution in [0.5, 0.6) is 0 Å². The van der Waals surface area contributed by atoms with Gasteiger partial charge in [-0.15, -0.1) is 0 Å². The Morgan fingerprint density at radius 2 is 2.38 bits per heavy atom. The van der Waals surface area contributed by atoms with Crippen LogP contribution >= 0.6 is 24.0 Å². The van der Waals surface area contributed by atoms with E-state index in [4.69, 9.17) is 0 Å². The molecule has 0 aliphatic heterocycles. The molecule has 1 aromatic heterocycles. The molecular formula is C9H13NOS2. The second-order valence-corrected chi connectivity index (χ2v) is 4.02. The summed E-state index contributed by atoms with van der Waals surface area (Å²) >= 11 is 5.65. The highest BCUT2D eigenvalue weighted by atomic mass is 32.1. The summed E-state index contributed by atoms with van der Waals surface area (Å²) in [6.45, 7) is 2.69. The SMILES string of the molecule is Cc1cscc1CNC(=O)CCS. The van der Waals surface area contributed by atoms with Gasteiger partial charge in [0.05, 0.1) is 0 Å². The van der Waals surface area contributed by atoms with Crippen LogP contribution < -0.4 is 5.32 Å². The van der Waals surface area contributed by atoms with Crippen LogP contribution in [0.2, 0.25) is 0 Å². The average molecular weight is 215 g/mol. The number of hydrogen-bond acceptors (Lipinski definition) is 3. The molecule has 0 saturated heterocycles. The van der Waals surface area contributed by atoms with Crippen molar-refractivity contribution in [2.75, 3.05) is 5.75 Å². The lowest BCUT2D eigenvalue weighted by atomic mass is 10.2. The number of carbonyl (C=O) groups excluding carboxylic acids is 1. The standard InChI is InChI=1S/C9H13NOS2/c1-7-5-13-6-8(7)4-10-9(11)2-3-12/h5-6,12H,2-4H2,1H3,(H,10,11). The highest BCUT2D eigenvalue weighted by Gasteiger charge is 2.01. The van der Waals surface area contributed by atoms with E-state index in [-0.39, 0.29) is 5.91 Å². The van der Waals surface area contributed by atoms with E-state index in [9.17, 15) is 4.79 Å². The highest BCUT2D eigenvalue weighted by Crippen LogP contribution is 2.12. The van der Waals surface area contributed by atoms with E-state index in [0.717, 1.165) is 0 Å². The van der Waals surface area contributed by atoms with Gasteiger partial charge in [-0.3, -0.25) is 4.79 Å². The van der Waals surface area contributed by atoms with Crippen molar-refractivity contribution < 1.29 is 4.79 Å². The summed E-state index contributed by atoms with van der Waals surface area (Å²) in [6, 6.07) is 0. The maximum atomic E-state index is 11.1. The molecule has 1 N–H and O–H groups in total. The number of amides is 1. The summed E-state index contributed by atoms with van der Waals surface area (Å²) in [6.07, 6.45) is 0.492. The topological polar surface area (TPSA) is 29.1 Å². The van der Waals surface area contributed by atoms with Crippen LogP contribution in [-0.2, 0) is 11.3 Å². The Morgan fingerprint density at radius 3 is 2.92 bits per heavy atom. The van der Waals surface area contributed by atoms with Crippen molar-refractivity contribution in [2.24, 2.45) is 0 Å². The van der Waals surface area contributed by atoms with Crippen molar-refractivity contribution in [1.82, 2.24) is 5.32 Å². The summed E-state index contributed by atoms with van der Waals surface area (Å²) in [4.78, 5) is 11.1. The van der Waals surface area contributed by atoms with Crippen LogP contribution in [0.25, 0.3) is 0 Å². The van der Waals surface area contributed by atoms with E-state index in [0.29, 0.717) is 18.7 Å². The van der Waals surface area contributed by atoms with Gasteiger partial charge in [-0.1, -0.05) is 0 Å². The molecule has 1 amide bonds. The van der Waals surface area contributed by atoms with Gasteiger partial charge in [0, 0.05) is 13.0 Å². The fourth-order valence-electron chi connectivity index (χ4n) is 0.952. The molecule has 0 spiro atoms. The molecule has 0 unspecified atom stereocenters. The Morgan fingerprint density at radius 1 is 1.62 bits per heavy atom. The van der Waals surface area contributed by atoms with Crippen molar-refractivity contribution in [3.8, 4) is 0 Å². The van der Waals surface area contributed by atoms with E-state index in [1.54, 1.807) is 11.3 Å². The minimum Gasteiger partial charge on any atom is -0.352 e. The van der Waals surface area contributed by atoms with Crippen molar-refractivity contribution in [3.63, 3.8) is 0 Å². The molecule has 13 heavy (non-hydrogen) atoms. The Labute approximate surface area is 87.8 Å². The van der Waals surface area contributed by atoms with Gasteiger partial charge in [0.25, 0.3) is 0 Å². The predicted octanol–water partition coefficient (Wildman–Crippen LogP) is 1.99. The van der Waals surface area contributed by atoms with Crippen molar-refractivity contribution in [3.05, 3.63) is 21.9 Å². The Hall–Kier alpha value is -0.480. The van der Waals surface area contributed by atoms with E-state index in [1.165, 1.54) is 11.1 Å². The van der Waals surface area contributed by atoms with Gasteiger partial charge < -0.3 is 5.32 Å². The Bertz CT molecular complexity index is 283. The number of rotatable bonds is 4. The summed E-state index contributed by atoms with van der Waals surface area (Å²) in [5.41, 5.74) is 2.45. The van der Waals surface area contributed by atoms with Crippen molar-refractivity contribution in [1.29, 1.82) is 0 Å². The predicted molar refractivity (Wildman–Crippen MR) is 59.4 cm³/mol. The van der Waals surface area contributed by atoms with Gasteiger partial charge in [-0.2, -0.15) is 24.0 Å². The second kappa shape index (κ2) is 5.29. The number of thiol groups is 1. The molecule has 0 aromatic carbocycles. The molecule has 0 aliphatic rings. The third-order valence-corrected chi connectivity index (χ3v) is 2.91. The fraction of sp³-hybridized carbons (Fsp3) is 0.444. The summed E-state index contributed by atoms with van der Waals surface area (Å²) in [7, 11) is 0. The van der Waals surface area contributed by atoms with Gasteiger partial charge in [0.15, 0.2) is 0 Å². The fourth-order valence-corrected chi connectivity index (χ4v) is 2.01. The van der Waals surface area contributed by atoms with E-state index < -0.39 is 0 Å². The molecule has 0 aliphatic carbocycles. The normalized spacial score (nSPS) is 10.0. The van der Waals surface area contributed by atoms with Gasteiger partial charge in [-0.25, -0.2) is 0 Å².